The summed E-state index contributed by atoms with van der Waals surface area (Å²) in [5.41, 5.74) is 1.24. The van der Waals surface area contributed by atoms with Crippen LogP contribution in [0.2, 0.25) is 5.82 Å². The minimum absolute atomic E-state index is 0.199. The van der Waals surface area contributed by atoms with Crippen LogP contribution < -0.4 is 0 Å². The number of esters is 1. The summed E-state index contributed by atoms with van der Waals surface area (Å²) in [4.78, 5) is 10.2. The molecule has 1 unspecified atom stereocenters. The summed E-state index contributed by atoms with van der Waals surface area (Å²) in [7, 11) is 0. The van der Waals surface area contributed by atoms with E-state index in [-0.39, 0.29) is 5.97 Å². The Morgan fingerprint density at radius 2 is 2.44 bits per heavy atom. The molecule has 3 heteroatoms. The van der Waals surface area contributed by atoms with Gasteiger partial charge >= 0.3 is 54.2 Å². The molecule has 1 aliphatic rings. The van der Waals surface area contributed by atoms with Crippen molar-refractivity contribution in [2.75, 3.05) is 6.61 Å². The Morgan fingerprint density at radius 3 is 2.78 bits per heavy atom. The molecule has 0 radical (unpaired) electrons. The van der Waals surface area contributed by atoms with E-state index in [1.54, 1.807) is 0 Å². The topological polar surface area (TPSA) is 26.3 Å². The summed E-state index contributed by atoms with van der Waals surface area (Å²) in [6.07, 6.45) is 0. The van der Waals surface area contributed by atoms with Crippen LogP contribution in [-0.2, 0) is 9.53 Å². The molecule has 0 aromatic heterocycles. The number of carbonyl (C=O) groups is 1. The molecule has 1 rings (SSSR count). The predicted octanol–water partition coefficient (Wildman–Crippen LogP) is 0.248. The van der Waals surface area contributed by atoms with E-state index in [9.17, 15) is 4.79 Å². The van der Waals surface area contributed by atoms with Crippen molar-refractivity contribution < 1.29 is 9.53 Å². The van der Waals surface area contributed by atoms with Gasteiger partial charge in [0, 0.05) is 0 Å². The molecular weight excluding hydrogens is 115 g/mol. The molecule has 0 fully saturated rings. The van der Waals surface area contributed by atoms with Crippen LogP contribution in [0.25, 0.3) is 0 Å². The molecule has 2 nitrogen and oxygen atoms in total. The van der Waals surface area contributed by atoms with Crippen molar-refractivity contribution in [1.29, 1.82) is 0 Å². The third-order valence-corrected chi connectivity index (χ3v) is 1.38. The van der Waals surface area contributed by atoms with Gasteiger partial charge in [0.15, 0.2) is 0 Å². The first-order valence-electron chi connectivity index (χ1n) is 3.04. The molecule has 48 valence electrons. The van der Waals surface area contributed by atoms with E-state index < -0.39 is 0 Å². The summed E-state index contributed by atoms with van der Waals surface area (Å²) < 4.78 is 4.73. The van der Waals surface area contributed by atoms with Crippen LogP contribution in [0.5, 0.6) is 0 Å². The molecule has 0 bridgehead atoms. The van der Waals surface area contributed by atoms with Gasteiger partial charge in [-0.2, -0.15) is 0 Å². The second kappa shape index (κ2) is 2.34. The van der Waals surface area contributed by atoms with Crippen LogP contribution in [0.1, 0.15) is 13.8 Å². The quantitative estimate of drug-likeness (QED) is 0.389. The van der Waals surface area contributed by atoms with Crippen LogP contribution in [0.15, 0.2) is 0 Å². The third-order valence-electron chi connectivity index (χ3n) is 1.38. The van der Waals surface area contributed by atoms with Crippen molar-refractivity contribution in [2.45, 2.75) is 19.7 Å². The fraction of sp³-hybridized carbons (Fsp3) is 0.667. The van der Waals surface area contributed by atoms with Gasteiger partial charge in [0.1, 0.15) is 0 Å². The molecule has 0 spiro atoms. The number of hydrogen-bond acceptors (Lipinski definition) is 2. The van der Waals surface area contributed by atoms with E-state index in [4.69, 9.17) is 4.74 Å². The fourth-order valence-electron chi connectivity index (χ4n) is 0.638. The van der Waals surface area contributed by atoms with Gasteiger partial charge in [-0.25, -0.2) is 0 Å². The number of carbonyl (C=O) groups excluding carboxylic acids is 1. The van der Waals surface area contributed by atoms with Crippen molar-refractivity contribution in [2.24, 2.45) is 0 Å². The van der Waals surface area contributed by atoms with Gasteiger partial charge in [-0.15, -0.1) is 0 Å². The summed E-state index contributed by atoms with van der Waals surface area (Å²) >= 11 is 0. The van der Waals surface area contributed by atoms with Gasteiger partial charge in [-0.1, -0.05) is 0 Å². The molecule has 1 atom stereocenters. The fourth-order valence-corrected chi connectivity index (χ4v) is 0.638. The maximum atomic E-state index is 10.2. The average Bonchev–Trinajstić information content (AvgIpc) is 2.42. The standard InChI is InChI=1S/C6H9BO2/c1-4-6(7-4)3-9-5(2)8/h4H,3H2,1-2H3. The van der Waals surface area contributed by atoms with E-state index in [2.05, 4.69) is 13.8 Å². The minimum atomic E-state index is -0.199. The maximum absolute atomic E-state index is 10.2. The van der Waals surface area contributed by atoms with E-state index in [1.165, 1.54) is 12.4 Å². The summed E-state index contributed by atoms with van der Waals surface area (Å²) in [6, 6.07) is 0. The molecule has 0 aromatic rings. The normalized spacial score (nSPS) is 22.0. The summed E-state index contributed by atoms with van der Waals surface area (Å²) in [6.45, 7) is 6.09. The zero-order valence-corrected chi connectivity index (χ0v) is 5.68. The number of rotatable bonds is 2. The Labute approximate surface area is 55.1 Å². The van der Waals surface area contributed by atoms with Crippen LogP contribution in [-0.4, -0.2) is 25.0 Å². The molecule has 0 saturated heterocycles. The Balaban J connectivity index is 2.08. The SMILES string of the molecule is CC(=O)OCC1=BC1C. The van der Waals surface area contributed by atoms with Crippen LogP contribution in [0.3, 0.4) is 0 Å². The van der Waals surface area contributed by atoms with Crippen molar-refractivity contribution >= 4 is 18.4 Å². The molecule has 9 heavy (non-hydrogen) atoms. The van der Waals surface area contributed by atoms with Crippen molar-refractivity contribution in [3.63, 3.8) is 0 Å². The second-order valence-electron chi connectivity index (χ2n) is 2.31. The van der Waals surface area contributed by atoms with Crippen LogP contribution in [0, 0.1) is 0 Å². The van der Waals surface area contributed by atoms with Gasteiger partial charge in [-0.05, 0) is 0 Å². The van der Waals surface area contributed by atoms with Gasteiger partial charge < -0.3 is 0 Å². The van der Waals surface area contributed by atoms with Crippen molar-refractivity contribution in [3.05, 3.63) is 0 Å². The van der Waals surface area contributed by atoms with Crippen LogP contribution in [0.4, 0.5) is 0 Å². The Morgan fingerprint density at radius 1 is 1.89 bits per heavy atom. The Hall–Kier alpha value is -0.595. The van der Waals surface area contributed by atoms with E-state index in [0.717, 1.165) is 0 Å². The van der Waals surface area contributed by atoms with Gasteiger partial charge in [0.25, 0.3) is 0 Å². The Bertz CT molecular complexity index is 162. The zero-order chi connectivity index (χ0) is 6.85. The van der Waals surface area contributed by atoms with Crippen molar-refractivity contribution in [1.82, 2.24) is 0 Å². The first-order chi connectivity index (χ1) is 4.20. The second-order valence-corrected chi connectivity index (χ2v) is 2.31. The Kier molecular flexibility index (Phi) is 1.69. The molecule has 0 N–H and O–H groups in total. The van der Waals surface area contributed by atoms with E-state index >= 15 is 0 Å². The van der Waals surface area contributed by atoms with Gasteiger partial charge in [0.05, 0.1) is 0 Å². The number of ether oxygens (including phenoxy) is 1. The van der Waals surface area contributed by atoms with Crippen LogP contribution >= 0.6 is 0 Å². The first-order valence-corrected chi connectivity index (χ1v) is 3.04. The van der Waals surface area contributed by atoms with E-state index in [0.29, 0.717) is 12.4 Å². The monoisotopic (exact) mass is 124 g/mol. The average molecular weight is 124 g/mol. The first kappa shape index (κ1) is 6.52. The summed E-state index contributed by atoms with van der Waals surface area (Å²) in [5, 5.41) is 0. The molecule has 1 aliphatic heterocycles. The van der Waals surface area contributed by atoms with Gasteiger partial charge in [-0.3, -0.25) is 0 Å². The van der Waals surface area contributed by atoms with E-state index in [1.807, 2.05) is 0 Å². The molecular formula is C6H9BO2. The molecule has 0 saturated carbocycles. The molecule has 0 amide bonds. The predicted molar refractivity (Wildman–Crippen MR) is 36.8 cm³/mol. The molecule has 1 heterocycles. The third kappa shape index (κ3) is 2.00. The molecule has 0 aromatic carbocycles. The summed E-state index contributed by atoms with van der Waals surface area (Å²) in [5.74, 6) is 0.374. The zero-order valence-electron chi connectivity index (χ0n) is 5.68. The van der Waals surface area contributed by atoms with Crippen molar-refractivity contribution in [3.8, 4) is 0 Å². The number of hydrogen-bond donors (Lipinski definition) is 0. The van der Waals surface area contributed by atoms with Gasteiger partial charge in [0.2, 0.25) is 0 Å². The molecule has 0 aliphatic carbocycles.